The molecule has 2 aromatic heterocycles. The highest BCUT2D eigenvalue weighted by atomic mass is 16.4. The van der Waals surface area contributed by atoms with E-state index in [0.29, 0.717) is 5.92 Å². The Balaban J connectivity index is 2.15. The number of hydrogen-bond acceptors (Lipinski definition) is 3. The van der Waals surface area contributed by atoms with Crippen molar-refractivity contribution in [2.45, 2.75) is 26.8 Å². The summed E-state index contributed by atoms with van der Waals surface area (Å²) in [5.41, 5.74) is 3.63. The van der Waals surface area contributed by atoms with Gasteiger partial charge in [0.1, 0.15) is 5.82 Å². The topological polar surface area (TPSA) is 68.0 Å². The van der Waals surface area contributed by atoms with Crippen molar-refractivity contribution in [2.24, 2.45) is 5.92 Å². The molecule has 3 rings (SSSR count). The van der Waals surface area contributed by atoms with E-state index in [4.69, 9.17) is 10.1 Å². The first-order valence-electron chi connectivity index (χ1n) is 7.66. The van der Waals surface area contributed by atoms with E-state index in [1.807, 2.05) is 30.3 Å². The molecule has 0 aliphatic heterocycles. The number of aliphatic carboxylic acids is 1. The molecule has 0 aliphatic carbocycles. The third-order valence-electron chi connectivity index (χ3n) is 3.65. The maximum absolute atomic E-state index is 10.9. The first kappa shape index (κ1) is 15.2. The summed E-state index contributed by atoms with van der Waals surface area (Å²) in [6.07, 6.45) is 3.52. The average molecular weight is 309 g/mol. The zero-order valence-electron chi connectivity index (χ0n) is 13.2. The van der Waals surface area contributed by atoms with Crippen molar-refractivity contribution in [3.63, 3.8) is 0 Å². The zero-order chi connectivity index (χ0) is 16.4. The van der Waals surface area contributed by atoms with Crippen molar-refractivity contribution < 1.29 is 9.90 Å². The summed E-state index contributed by atoms with van der Waals surface area (Å²) < 4.78 is 2.19. The van der Waals surface area contributed by atoms with Gasteiger partial charge in [0, 0.05) is 24.5 Å². The van der Waals surface area contributed by atoms with Crippen LogP contribution in [0.5, 0.6) is 0 Å². The van der Waals surface area contributed by atoms with E-state index < -0.39 is 5.97 Å². The molecule has 0 saturated carbocycles. The Morgan fingerprint density at radius 1 is 1.22 bits per heavy atom. The third-order valence-corrected chi connectivity index (χ3v) is 3.65. The number of fused-ring (bicyclic) bond motifs is 1. The van der Waals surface area contributed by atoms with Gasteiger partial charge in [-0.05, 0) is 35.7 Å². The van der Waals surface area contributed by atoms with Gasteiger partial charge in [-0.3, -0.25) is 9.78 Å². The largest absolute Gasteiger partial charge is 0.481 e. The number of aromatic nitrogens is 3. The van der Waals surface area contributed by atoms with E-state index in [1.165, 1.54) is 0 Å². The smallest absolute Gasteiger partial charge is 0.307 e. The summed E-state index contributed by atoms with van der Waals surface area (Å²) in [5, 5.41) is 8.96. The minimum atomic E-state index is -0.833. The van der Waals surface area contributed by atoms with E-state index in [-0.39, 0.29) is 6.42 Å². The minimum Gasteiger partial charge on any atom is -0.481 e. The minimum absolute atomic E-state index is 0.0115. The van der Waals surface area contributed by atoms with E-state index >= 15 is 0 Å². The van der Waals surface area contributed by atoms with Crippen molar-refractivity contribution in [2.75, 3.05) is 0 Å². The summed E-state index contributed by atoms with van der Waals surface area (Å²) in [6, 6.07) is 9.58. The highest BCUT2D eigenvalue weighted by Crippen LogP contribution is 2.26. The van der Waals surface area contributed by atoms with E-state index in [9.17, 15) is 4.79 Å². The van der Waals surface area contributed by atoms with Crippen LogP contribution in [0.15, 0.2) is 42.7 Å². The fourth-order valence-electron chi connectivity index (χ4n) is 2.73. The molecule has 0 unspecified atom stereocenters. The molecule has 118 valence electrons. The number of carboxylic acid groups (broad SMARTS) is 1. The lowest BCUT2D eigenvalue weighted by Crippen LogP contribution is -2.06. The molecule has 5 nitrogen and oxygen atoms in total. The first-order chi connectivity index (χ1) is 11.0. The maximum atomic E-state index is 10.9. The van der Waals surface area contributed by atoms with Crippen LogP contribution in [-0.2, 0) is 17.8 Å². The number of carbonyl (C=O) groups is 1. The lowest BCUT2D eigenvalue weighted by Gasteiger charge is -2.11. The van der Waals surface area contributed by atoms with Gasteiger partial charge in [-0.25, -0.2) is 4.98 Å². The summed E-state index contributed by atoms with van der Waals surface area (Å²) >= 11 is 0. The molecule has 5 heteroatoms. The molecular formula is C18H19N3O2. The number of nitrogens with zero attached hydrogens (tertiary/aromatic N) is 3. The number of hydrogen-bond donors (Lipinski definition) is 1. The monoisotopic (exact) mass is 309 g/mol. The van der Waals surface area contributed by atoms with Crippen LogP contribution in [0.2, 0.25) is 0 Å². The average Bonchev–Trinajstić information content (AvgIpc) is 2.85. The quantitative estimate of drug-likeness (QED) is 0.784. The van der Waals surface area contributed by atoms with Gasteiger partial charge in [0.05, 0.1) is 17.5 Å². The first-order valence-corrected chi connectivity index (χ1v) is 7.66. The van der Waals surface area contributed by atoms with Crippen LogP contribution in [0.1, 0.15) is 19.4 Å². The van der Waals surface area contributed by atoms with Gasteiger partial charge in [0.15, 0.2) is 0 Å². The number of carboxylic acids is 1. The Kier molecular flexibility index (Phi) is 4.10. The standard InChI is InChI=1S/C18H19N3O2/c1-12(2)11-21-16-4-3-13(10-17(22)23)9-15(16)20-18(21)14-5-7-19-8-6-14/h3-9,12H,10-11H2,1-2H3,(H,22,23). The second-order valence-corrected chi connectivity index (χ2v) is 6.07. The molecular weight excluding hydrogens is 290 g/mol. The number of imidazole rings is 1. The Hall–Kier alpha value is -2.69. The van der Waals surface area contributed by atoms with Crippen molar-refractivity contribution >= 4 is 17.0 Å². The van der Waals surface area contributed by atoms with Crippen LogP contribution in [0.25, 0.3) is 22.4 Å². The van der Waals surface area contributed by atoms with Crippen molar-refractivity contribution in [1.29, 1.82) is 0 Å². The maximum Gasteiger partial charge on any atom is 0.307 e. The molecule has 1 N–H and O–H groups in total. The second-order valence-electron chi connectivity index (χ2n) is 6.07. The molecule has 1 aromatic carbocycles. The van der Waals surface area contributed by atoms with Gasteiger partial charge >= 0.3 is 5.97 Å². The number of benzene rings is 1. The van der Waals surface area contributed by atoms with Gasteiger partial charge in [0.25, 0.3) is 0 Å². The van der Waals surface area contributed by atoms with Gasteiger partial charge in [-0.1, -0.05) is 19.9 Å². The SMILES string of the molecule is CC(C)Cn1c(-c2ccncc2)nc2cc(CC(=O)O)ccc21. The molecule has 0 aliphatic rings. The van der Waals surface area contributed by atoms with Crippen LogP contribution >= 0.6 is 0 Å². The van der Waals surface area contributed by atoms with E-state index in [2.05, 4.69) is 23.4 Å². The van der Waals surface area contributed by atoms with Crippen molar-refractivity contribution in [1.82, 2.24) is 14.5 Å². The number of rotatable bonds is 5. The third kappa shape index (κ3) is 3.23. The normalized spacial score (nSPS) is 11.3. The summed E-state index contributed by atoms with van der Waals surface area (Å²) in [6.45, 7) is 5.19. The molecule has 0 spiro atoms. The van der Waals surface area contributed by atoms with Gasteiger partial charge in [-0.2, -0.15) is 0 Å². The van der Waals surface area contributed by atoms with Crippen molar-refractivity contribution in [3.05, 3.63) is 48.3 Å². The summed E-state index contributed by atoms with van der Waals surface area (Å²) in [7, 11) is 0. The van der Waals surface area contributed by atoms with E-state index in [1.54, 1.807) is 12.4 Å². The molecule has 3 aromatic rings. The molecule has 0 fully saturated rings. The van der Waals surface area contributed by atoms with Gasteiger partial charge in [-0.15, -0.1) is 0 Å². The van der Waals surface area contributed by atoms with Crippen LogP contribution in [0.4, 0.5) is 0 Å². The van der Waals surface area contributed by atoms with Crippen molar-refractivity contribution in [3.8, 4) is 11.4 Å². The lowest BCUT2D eigenvalue weighted by atomic mass is 10.1. The predicted molar refractivity (Wildman–Crippen MR) is 89.1 cm³/mol. The van der Waals surface area contributed by atoms with Gasteiger partial charge in [0.2, 0.25) is 0 Å². The molecule has 0 atom stereocenters. The Morgan fingerprint density at radius 3 is 2.61 bits per heavy atom. The Bertz CT molecular complexity index is 838. The molecule has 23 heavy (non-hydrogen) atoms. The van der Waals surface area contributed by atoms with Crippen LogP contribution in [0, 0.1) is 5.92 Å². The van der Waals surface area contributed by atoms with Gasteiger partial charge < -0.3 is 9.67 Å². The zero-order valence-corrected chi connectivity index (χ0v) is 13.2. The predicted octanol–water partition coefficient (Wildman–Crippen LogP) is 3.38. The lowest BCUT2D eigenvalue weighted by molar-refractivity contribution is -0.136. The fraction of sp³-hybridized carbons (Fsp3) is 0.278. The summed E-state index contributed by atoms with van der Waals surface area (Å²) in [4.78, 5) is 19.7. The molecule has 0 radical (unpaired) electrons. The second kappa shape index (κ2) is 6.20. The summed E-state index contributed by atoms with van der Waals surface area (Å²) in [5.74, 6) is 0.538. The van der Waals surface area contributed by atoms with Crippen LogP contribution in [0.3, 0.4) is 0 Å². The molecule has 2 heterocycles. The van der Waals surface area contributed by atoms with E-state index in [0.717, 1.165) is 34.5 Å². The number of pyridine rings is 1. The highest BCUT2D eigenvalue weighted by Gasteiger charge is 2.14. The van der Waals surface area contributed by atoms with Crippen LogP contribution < -0.4 is 0 Å². The fourth-order valence-corrected chi connectivity index (χ4v) is 2.73. The van der Waals surface area contributed by atoms with Crippen LogP contribution in [-0.4, -0.2) is 25.6 Å². The Labute approximate surface area is 134 Å². The molecule has 0 saturated heterocycles. The molecule has 0 amide bonds. The molecule has 0 bridgehead atoms. The Morgan fingerprint density at radius 2 is 1.96 bits per heavy atom. The highest BCUT2D eigenvalue weighted by molar-refractivity contribution is 5.82.